The van der Waals surface area contributed by atoms with Gasteiger partial charge in [-0.1, -0.05) is 12.1 Å². The van der Waals surface area contributed by atoms with Gasteiger partial charge in [-0.05, 0) is 23.3 Å². The molecule has 1 fully saturated rings. The van der Waals surface area contributed by atoms with Crippen molar-refractivity contribution < 1.29 is 4.79 Å². The normalized spacial score (nSPS) is 19.4. The van der Waals surface area contributed by atoms with Crippen molar-refractivity contribution >= 4 is 5.91 Å². The SMILES string of the molecule is O=C(NCc1ccc(-n2ccnc2)nc1)C1CNNC1c1cccnc1. The first-order valence-electron chi connectivity index (χ1n) is 8.40. The lowest BCUT2D eigenvalue weighted by Crippen LogP contribution is -2.34. The fourth-order valence-corrected chi connectivity index (χ4v) is 3.01. The Morgan fingerprint density at radius 1 is 1.23 bits per heavy atom. The predicted octanol–water partition coefficient (Wildman–Crippen LogP) is 0.744. The van der Waals surface area contributed by atoms with Crippen LogP contribution in [0.1, 0.15) is 17.2 Å². The van der Waals surface area contributed by atoms with Crippen LogP contribution in [0.4, 0.5) is 0 Å². The molecule has 132 valence electrons. The van der Waals surface area contributed by atoms with E-state index >= 15 is 0 Å². The van der Waals surface area contributed by atoms with Gasteiger partial charge in [0.1, 0.15) is 12.1 Å². The molecule has 3 aromatic rings. The molecule has 26 heavy (non-hydrogen) atoms. The summed E-state index contributed by atoms with van der Waals surface area (Å²) in [6.07, 6.45) is 10.5. The predicted molar refractivity (Wildman–Crippen MR) is 94.8 cm³/mol. The van der Waals surface area contributed by atoms with Gasteiger partial charge in [0.15, 0.2) is 0 Å². The van der Waals surface area contributed by atoms with Crippen LogP contribution in [-0.2, 0) is 11.3 Å². The van der Waals surface area contributed by atoms with Gasteiger partial charge in [-0.3, -0.25) is 19.8 Å². The topological polar surface area (TPSA) is 96.8 Å². The molecular formula is C18H19N7O. The van der Waals surface area contributed by atoms with Crippen molar-refractivity contribution in [2.45, 2.75) is 12.6 Å². The molecule has 2 unspecified atom stereocenters. The number of imidazole rings is 1. The Balaban J connectivity index is 1.37. The lowest BCUT2D eigenvalue weighted by atomic mass is 9.95. The van der Waals surface area contributed by atoms with Gasteiger partial charge in [-0.2, -0.15) is 0 Å². The van der Waals surface area contributed by atoms with E-state index < -0.39 is 0 Å². The van der Waals surface area contributed by atoms with Gasteiger partial charge in [0.25, 0.3) is 0 Å². The van der Waals surface area contributed by atoms with Crippen LogP contribution in [0, 0.1) is 5.92 Å². The maximum atomic E-state index is 12.6. The molecule has 2 atom stereocenters. The van der Waals surface area contributed by atoms with E-state index in [1.54, 1.807) is 31.1 Å². The molecule has 0 aromatic carbocycles. The van der Waals surface area contributed by atoms with Crippen molar-refractivity contribution in [3.05, 3.63) is 72.7 Å². The molecule has 1 aliphatic rings. The van der Waals surface area contributed by atoms with Crippen molar-refractivity contribution in [1.82, 2.24) is 35.7 Å². The summed E-state index contributed by atoms with van der Waals surface area (Å²) in [6.45, 7) is 1.01. The van der Waals surface area contributed by atoms with Crippen LogP contribution >= 0.6 is 0 Å². The molecule has 1 saturated heterocycles. The van der Waals surface area contributed by atoms with E-state index in [2.05, 4.69) is 31.1 Å². The highest BCUT2D eigenvalue weighted by Gasteiger charge is 2.33. The zero-order chi connectivity index (χ0) is 17.8. The molecule has 3 N–H and O–H groups in total. The summed E-state index contributed by atoms with van der Waals surface area (Å²) in [5.74, 6) is 0.589. The first kappa shape index (κ1) is 16.4. The molecule has 8 nitrogen and oxygen atoms in total. The van der Waals surface area contributed by atoms with Crippen LogP contribution in [0.3, 0.4) is 0 Å². The number of pyridine rings is 2. The van der Waals surface area contributed by atoms with E-state index in [4.69, 9.17) is 0 Å². The lowest BCUT2D eigenvalue weighted by molar-refractivity contribution is -0.125. The van der Waals surface area contributed by atoms with Gasteiger partial charge in [0.2, 0.25) is 5.91 Å². The van der Waals surface area contributed by atoms with E-state index in [1.165, 1.54) is 0 Å². The second kappa shape index (κ2) is 7.42. The van der Waals surface area contributed by atoms with Crippen molar-refractivity contribution in [3.63, 3.8) is 0 Å². The molecule has 4 heterocycles. The largest absolute Gasteiger partial charge is 0.352 e. The minimum atomic E-state index is -0.197. The molecule has 4 rings (SSSR count). The van der Waals surface area contributed by atoms with E-state index in [1.807, 2.05) is 35.0 Å². The molecule has 0 bridgehead atoms. The highest BCUT2D eigenvalue weighted by Crippen LogP contribution is 2.24. The minimum absolute atomic E-state index is 0.00459. The number of carbonyl (C=O) groups is 1. The first-order chi connectivity index (χ1) is 12.8. The molecule has 8 heteroatoms. The summed E-state index contributed by atoms with van der Waals surface area (Å²) in [6, 6.07) is 7.60. The van der Waals surface area contributed by atoms with Crippen LogP contribution in [-0.4, -0.2) is 32.0 Å². The van der Waals surface area contributed by atoms with Crippen LogP contribution in [0.25, 0.3) is 5.82 Å². The maximum absolute atomic E-state index is 12.6. The van der Waals surface area contributed by atoms with Gasteiger partial charge >= 0.3 is 0 Å². The zero-order valence-corrected chi connectivity index (χ0v) is 14.0. The Labute approximate surface area is 150 Å². The van der Waals surface area contributed by atoms with E-state index in [0.29, 0.717) is 13.1 Å². The van der Waals surface area contributed by atoms with Crippen molar-refractivity contribution in [2.75, 3.05) is 6.54 Å². The number of aromatic nitrogens is 4. The number of hydrogen-bond donors (Lipinski definition) is 3. The molecule has 3 aromatic heterocycles. The Kier molecular flexibility index (Phi) is 4.67. The van der Waals surface area contributed by atoms with Crippen LogP contribution < -0.4 is 16.2 Å². The number of nitrogens with one attached hydrogen (secondary N) is 3. The molecule has 0 saturated carbocycles. The van der Waals surface area contributed by atoms with E-state index in [-0.39, 0.29) is 17.9 Å². The summed E-state index contributed by atoms with van der Waals surface area (Å²) in [5.41, 5.74) is 8.15. The molecule has 0 aliphatic carbocycles. The fraction of sp³-hybridized carbons (Fsp3) is 0.222. The van der Waals surface area contributed by atoms with Gasteiger partial charge in [-0.15, -0.1) is 0 Å². The zero-order valence-electron chi connectivity index (χ0n) is 14.0. The smallest absolute Gasteiger partial charge is 0.226 e. The summed E-state index contributed by atoms with van der Waals surface area (Å²) < 4.78 is 1.83. The molecule has 0 radical (unpaired) electrons. The number of hydrogen-bond acceptors (Lipinski definition) is 6. The Bertz CT molecular complexity index is 849. The summed E-state index contributed by atoms with van der Waals surface area (Å²) in [5, 5.41) is 3.00. The summed E-state index contributed by atoms with van der Waals surface area (Å²) in [4.78, 5) is 25.1. The van der Waals surface area contributed by atoms with Crippen LogP contribution in [0.2, 0.25) is 0 Å². The third kappa shape index (κ3) is 3.46. The summed E-state index contributed by atoms with van der Waals surface area (Å²) in [7, 11) is 0. The second-order valence-corrected chi connectivity index (χ2v) is 6.11. The van der Waals surface area contributed by atoms with Crippen LogP contribution in [0.15, 0.2) is 61.6 Å². The maximum Gasteiger partial charge on any atom is 0.226 e. The number of nitrogens with zero attached hydrogens (tertiary/aromatic N) is 4. The summed E-state index contributed by atoms with van der Waals surface area (Å²) >= 11 is 0. The van der Waals surface area contributed by atoms with Crippen molar-refractivity contribution in [3.8, 4) is 5.82 Å². The fourth-order valence-electron chi connectivity index (χ4n) is 3.01. The Hall–Kier alpha value is -3.10. The van der Waals surface area contributed by atoms with Gasteiger partial charge < -0.3 is 5.32 Å². The molecule has 0 spiro atoms. The third-order valence-electron chi connectivity index (χ3n) is 4.41. The molecular weight excluding hydrogens is 330 g/mol. The van der Waals surface area contributed by atoms with Crippen molar-refractivity contribution in [2.24, 2.45) is 5.92 Å². The number of hydrazine groups is 1. The highest BCUT2D eigenvalue weighted by molar-refractivity contribution is 5.80. The first-order valence-corrected chi connectivity index (χ1v) is 8.40. The van der Waals surface area contributed by atoms with E-state index in [0.717, 1.165) is 16.9 Å². The number of rotatable bonds is 5. The standard InChI is InChI=1S/C18H19N7O/c26-18(15-11-23-24-17(15)14-2-1-5-19-10-14)22-9-13-3-4-16(21-8-13)25-7-6-20-12-25/h1-8,10,12,15,17,23-24H,9,11H2,(H,22,26). The third-order valence-corrected chi connectivity index (χ3v) is 4.41. The van der Waals surface area contributed by atoms with Gasteiger partial charge in [0, 0.05) is 44.1 Å². The molecule has 1 amide bonds. The van der Waals surface area contributed by atoms with Gasteiger partial charge in [0.05, 0.1) is 12.0 Å². The molecule has 1 aliphatic heterocycles. The van der Waals surface area contributed by atoms with Crippen LogP contribution in [0.5, 0.6) is 0 Å². The highest BCUT2D eigenvalue weighted by atomic mass is 16.2. The van der Waals surface area contributed by atoms with Crippen molar-refractivity contribution in [1.29, 1.82) is 0 Å². The quantitative estimate of drug-likeness (QED) is 0.629. The monoisotopic (exact) mass is 349 g/mol. The Morgan fingerprint density at radius 3 is 2.92 bits per heavy atom. The lowest BCUT2D eigenvalue weighted by Gasteiger charge is -2.18. The minimum Gasteiger partial charge on any atom is -0.352 e. The second-order valence-electron chi connectivity index (χ2n) is 6.11. The average molecular weight is 349 g/mol. The van der Waals surface area contributed by atoms with E-state index in [9.17, 15) is 4.79 Å². The average Bonchev–Trinajstić information content (AvgIpc) is 3.39. The number of carbonyl (C=O) groups excluding carboxylic acids is 1. The van der Waals surface area contributed by atoms with Gasteiger partial charge in [-0.25, -0.2) is 15.4 Å². The number of amides is 1. The Morgan fingerprint density at radius 2 is 2.19 bits per heavy atom.